The van der Waals surface area contributed by atoms with Gasteiger partial charge in [-0.25, -0.2) is 4.57 Å². The molecule has 0 aromatic carbocycles. The molecule has 0 spiro atoms. The maximum Gasteiger partial charge on any atom is 0.254 e. The molecule has 1 heterocycles. The summed E-state index contributed by atoms with van der Waals surface area (Å²) in [6, 6.07) is 3.30. The van der Waals surface area contributed by atoms with Crippen molar-refractivity contribution in [2.75, 3.05) is 6.61 Å². The molecular weight excluding hydrogens is 156 g/mol. The quantitative estimate of drug-likeness (QED) is 0.551. The van der Waals surface area contributed by atoms with Crippen LogP contribution in [0.3, 0.4) is 0 Å². The van der Waals surface area contributed by atoms with Gasteiger partial charge in [-0.3, -0.25) is 4.79 Å². The molecule has 0 fully saturated rings. The second kappa shape index (κ2) is 3.82. The Balaban J connectivity index is 2.88. The van der Waals surface area contributed by atoms with Gasteiger partial charge in [0.15, 0.2) is 12.4 Å². The van der Waals surface area contributed by atoms with Crippen LogP contribution in [0.1, 0.15) is 10.4 Å². The van der Waals surface area contributed by atoms with Gasteiger partial charge in [-0.2, -0.15) is 0 Å². The molecular formula is C8H10N2O2. The summed E-state index contributed by atoms with van der Waals surface area (Å²) < 4.78 is 1.65. The molecule has 1 aromatic heterocycles. The monoisotopic (exact) mass is 166 g/mol. The molecule has 0 saturated heterocycles. The molecule has 4 heteroatoms. The molecule has 0 atom stereocenters. The Morgan fingerprint density at radius 1 is 1.67 bits per heavy atom. The largest absolute Gasteiger partial charge is 0.850 e. The summed E-state index contributed by atoms with van der Waals surface area (Å²) >= 11 is 0. The number of hydrogen-bond donors (Lipinski definition) is 1. The molecule has 2 N–H and O–H groups in total. The fraction of sp³-hybridized carbons (Fsp3) is 0.250. The van der Waals surface area contributed by atoms with E-state index in [1.54, 1.807) is 29.1 Å². The second-order valence-corrected chi connectivity index (χ2v) is 2.40. The topological polar surface area (TPSA) is 70.0 Å². The van der Waals surface area contributed by atoms with Crippen molar-refractivity contribution in [1.29, 1.82) is 0 Å². The van der Waals surface area contributed by atoms with Gasteiger partial charge in [-0.15, -0.1) is 0 Å². The number of nitrogens with two attached hydrogens (primary N) is 1. The lowest BCUT2D eigenvalue weighted by molar-refractivity contribution is -0.711. The maximum absolute atomic E-state index is 10.7. The summed E-state index contributed by atoms with van der Waals surface area (Å²) in [5, 5.41) is 10.2. The lowest BCUT2D eigenvalue weighted by Crippen LogP contribution is -2.38. The van der Waals surface area contributed by atoms with E-state index in [0.717, 1.165) is 0 Å². The van der Waals surface area contributed by atoms with E-state index < -0.39 is 5.91 Å². The smallest absolute Gasteiger partial charge is 0.254 e. The number of primary amides is 1. The number of rotatable bonds is 3. The van der Waals surface area contributed by atoms with E-state index in [9.17, 15) is 9.90 Å². The molecule has 0 aliphatic rings. The van der Waals surface area contributed by atoms with Gasteiger partial charge in [0.05, 0.1) is 0 Å². The molecule has 0 bridgehead atoms. The third kappa shape index (κ3) is 2.03. The molecule has 0 unspecified atom stereocenters. The molecule has 0 saturated carbocycles. The molecule has 0 aliphatic carbocycles. The molecule has 0 radical (unpaired) electrons. The predicted molar refractivity (Wildman–Crippen MR) is 40.0 cm³/mol. The molecule has 12 heavy (non-hydrogen) atoms. The highest BCUT2D eigenvalue weighted by Gasteiger charge is 2.04. The first-order valence-corrected chi connectivity index (χ1v) is 3.61. The Morgan fingerprint density at radius 2 is 2.42 bits per heavy atom. The number of nitrogens with zero attached hydrogens (tertiary/aromatic N) is 1. The van der Waals surface area contributed by atoms with Gasteiger partial charge in [0.25, 0.3) is 5.91 Å². The molecule has 1 amide bonds. The molecule has 1 aromatic rings. The second-order valence-electron chi connectivity index (χ2n) is 2.40. The fourth-order valence-corrected chi connectivity index (χ4v) is 0.912. The molecule has 4 nitrogen and oxygen atoms in total. The third-order valence-electron chi connectivity index (χ3n) is 1.49. The van der Waals surface area contributed by atoms with Crippen molar-refractivity contribution in [2.45, 2.75) is 6.54 Å². The van der Waals surface area contributed by atoms with E-state index in [1.807, 2.05) is 0 Å². The number of amides is 1. The zero-order chi connectivity index (χ0) is 8.97. The lowest BCUT2D eigenvalue weighted by Gasteiger charge is -1.99. The summed E-state index contributed by atoms with van der Waals surface area (Å²) in [5.74, 6) is -0.477. The van der Waals surface area contributed by atoms with Crippen molar-refractivity contribution in [1.82, 2.24) is 0 Å². The summed E-state index contributed by atoms with van der Waals surface area (Å²) in [7, 11) is 0. The number of carbonyl (C=O) groups is 1. The van der Waals surface area contributed by atoms with E-state index in [2.05, 4.69) is 0 Å². The van der Waals surface area contributed by atoms with Gasteiger partial charge in [0, 0.05) is 6.07 Å². The van der Waals surface area contributed by atoms with Gasteiger partial charge in [-0.1, -0.05) is 6.61 Å². The van der Waals surface area contributed by atoms with Gasteiger partial charge in [-0.05, 0) is 6.07 Å². The van der Waals surface area contributed by atoms with Crippen LogP contribution in [0, 0.1) is 0 Å². The number of aromatic nitrogens is 1. The maximum atomic E-state index is 10.7. The Bertz CT molecular complexity index is 286. The van der Waals surface area contributed by atoms with Crippen LogP contribution < -0.4 is 15.4 Å². The molecule has 64 valence electrons. The van der Waals surface area contributed by atoms with Gasteiger partial charge < -0.3 is 10.8 Å². The molecule has 1 rings (SSSR count). The SMILES string of the molecule is NC(=O)c1ccc[n+](CC[O-])c1. The van der Waals surface area contributed by atoms with E-state index >= 15 is 0 Å². The summed E-state index contributed by atoms with van der Waals surface area (Å²) in [6.45, 7) is 0.161. The van der Waals surface area contributed by atoms with E-state index in [4.69, 9.17) is 5.73 Å². The van der Waals surface area contributed by atoms with Crippen LogP contribution in [0.15, 0.2) is 24.5 Å². The Kier molecular flexibility index (Phi) is 2.76. The van der Waals surface area contributed by atoms with Crippen LogP contribution in [-0.4, -0.2) is 12.5 Å². The van der Waals surface area contributed by atoms with Crippen LogP contribution in [0.2, 0.25) is 0 Å². The first-order valence-electron chi connectivity index (χ1n) is 3.61. The summed E-state index contributed by atoms with van der Waals surface area (Å²) in [5.41, 5.74) is 5.47. The zero-order valence-electron chi connectivity index (χ0n) is 6.56. The van der Waals surface area contributed by atoms with Crippen molar-refractivity contribution < 1.29 is 14.5 Å². The van der Waals surface area contributed by atoms with Crippen molar-refractivity contribution in [2.24, 2.45) is 5.73 Å². The van der Waals surface area contributed by atoms with Crippen LogP contribution in [0.5, 0.6) is 0 Å². The van der Waals surface area contributed by atoms with E-state index in [1.165, 1.54) is 0 Å². The van der Waals surface area contributed by atoms with Crippen LogP contribution in [-0.2, 0) is 6.54 Å². The van der Waals surface area contributed by atoms with Crippen molar-refractivity contribution >= 4 is 5.91 Å². The minimum Gasteiger partial charge on any atom is -0.850 e. The summed E-state index contributed by atoms with van der Waals surface area (Å²) in [6.07, 6.45) is 3.30. The predicted octanol–water partition coefficient (Wildman–Crippen LogP) is -1.57. The normalized spacial score (nSPS) is 9.75. The number of carbonyl (C=O) groups excluding carboxylic acids is 1. The van der Waals surface area contributed by atoms with Crippen LogP contribution in [0.25, 0.3) is 0 Å². The number of pyridine rings is 1. The first kappa shape index (κ1) is 8.67. The third-order valence-corrected chi connectivity index (χ3v) is 1.49. The van der Waals surface area contributed by atoms with Crippen molar-refractivity contribution in [3.8, 4) is 0 Å². The van der Waals surface area contributed by atoms with E-state index in [0.29, 0.717) is 12.1 Å². The van der Waals surface area contributed by atoms with E-state index in [-0.39, 0.29) is 6.61 Å². The zero-order valence-corrected chi connectivity index (χ0v) is 6.56. The highest BCUT2D eigenvalue weighted by atomic mass is 16.3. The van der Waals surface area contributed by atoms with Crippen LogP contribution in [0.4, 0.5) is 0 Å². The average Bonchev–Trinajstić information content (AvgIpc) is 2.05. The van der Waals surface area contributed by atoms with Crippen molar-refractivity contribution in [3.63, 3.8) is 0 Å². The van der Waals surface area contributed by atoms with Crippen LogP contribution >= 0.6 is 0 Å². The van der Waals surface area contributed by atoms with Gasteiger partial charge in [0.2, 0.25) is 0 Å². The fourth-order valence-electron chi connectivity index (χ4n) is 0.912. The minimum absolute atomic E-state index is 0.202. The minimum atomic E-state index is -0.477. The highest BCUT2D eigenvalue weighted by molar-refractivity contribution is 5.92. The highest BCUT2D eigenvalue weighted by Crippen LogP contribution is 1.91. The molecule has 0 aliphatic heterocycles. The van der Waals surface area contributed by atoms with Crippen molar-refractivity contribution in [3.05, 3.63) is 30.1 Å². The summed E-state index contributed by atoms with van der Waals surface area (Å²) in [4.78, 5) is 10.7. The van der Waals surface area contributed by atoms with Gasteiger partial charge in [0.1, 0.15) is 12.1 Å². The lowest BCUT2D eigenvalue weighted by atomic mass is 10.3. The Hall–Kier alpha value is -1.42. The van der Waals surface area contributed by atoms with Gasteiger partial charge >= 0.3 is 0 Å². The first-order chi connectivity index (χ1) is 5.74. The Labute approximate surface area is 70.3 Å². The number of hydrogen-bond acceptors (Lipinski definition) is 2. The standard InChI is InChI=1S/C8H10N2O2/c9-8(12)7-2-1-3-10(6-7)4-5-11/h1-3,6H,4-5H2,(H2,9,12). The average molecular weight is 166 g/mol. The Morgan fingerprint density at radius 3 is 3.00 bits per heavy atom.